The number of hydrogen-bond donors (Lipinski definition) is 0. The van der Waals surface area contributed by atoms with Crippen LogP contribution in [0.3, 0.4) is 0 Å². The molecule has 68 valence electrons. The summed E-state index contributed by atoms with van der Waals surface area (Å²) in [7, 11) is 0. The highest BCUT2D eigenvalue weighted by Crippen LogP contribution is 2.36. The first-order valence-electron chi connectivity index (χ1n) is 4.91. The summed E-state index contributed by atoms with van der Waals surface area (Å²) in [6, 6.07) is 0. The van der Waals surface area contributed by atoms with Crippen LogP contribution < -0.4 is 0 Å². The number of ether oxygens (including phenoxy) is 1. The molecule has 1 saturated carbocycles. The molecule has 2 heteroatoms. The normalized spacial score (nSPS) is 36.4. The number of ketones is 1. The molecule has 0 aromatic rings. The van der Waals surface area contributed by atoms with Crippen molar-refractivity contribution in [1.82, 2.24) is 0 Å². The van der Waals surface area contributed by atoms with Gasteiger partial charge in [0.25, 0.3) is 0 Å². The molecule has 0 radical (unpaired) electrons. The van der Waals surface area contributed by atoms with E-state index in [2.05, 4.69) is 0 Å². The summed E-state index contributed by atoms with van der Waals surface area (Å²) in [5.41, 5.74) is -0.412. The van der Waals surface area contributed by atoms with Gasteiger partial charge in [-0.05, 0) is 32.6 Å². The van der Waals surface area contributed by atoms with Crippen LogP contribution in [0.15, 0.2) is 0 Å². The van der Waals surface area contributed by atoms with Gasteiger partial charge in [0.05, 0.1) is 0 Å². The van der Waals surface area contributed by atoms with Crippen LogP contribution in [0.2, 0.25) is 0 Å². The minimum absolute atomic E-state index is 0.327. The largest absolute Gasteiger partial charge is 0.367 e. The Hall–Kier alpha value is -0.370. The lowest BCUT2D eigenvalue weighted by Gasteiger charge is -2.31. The second-order valence-corrected chi connectivity index (χ2v) is 4.17. The minimum atomic E-state index is -0.412. The summed E-state index contributed by atoms with van der Waals surface area (Å²) in [4.78, 5) is 11.8. The van der Waals surface area contributed by atoms with Gasteiger partial charge in [-0.2, -0.15) is 0 Å². The Morgan fingerprint density at radius 3 is 2.58 bits per heavy atom. The molecule has 0 N–H and O–H groups in total. The van der Waals surface area contributed by atoms with Crippen molar-refractivity contribution in [1.29, 1.82) is 0 Å². The van der Waals surface area contributed by atoms with Crippen molar-refractivity contribution in [2.45, 2.75) is 44.6 Å². The molecule has 0 aromatic heterocycles. The van der Waals surface area contributed by atoms with Crippen molar-refractivity contribution in [2.75, 3.05) is 6.61 Å². The highest BCUT2D eigenvalue weighted by molar-refractivity contribution is 5.89. The molecule has 1 aliphatic heterocycles. The summed E-state index contributed by atoms with van der Waals surface area (Å²) < 4.78 is 5.51. The summed E-state index contributed by atoms with van der Waals surface area (Å²) in [5, 5.41) is 0. The van der Waals surface area contributed by atoms with Gasteiger partial charge in [-0.25, -0.2) is 0 Å². The maximum atomic E-state index is 11.8. The van der Waals surface area contributed by atoms with Crippen molar-refractivity contribution < 1.29 is 9.53 Å². The smallest absolute Gasteiger partial charge is 0.167 e. The van der Waals surface area contributed by atoms with E-state index >= 15 is 0 Å². The summed E-state index contributed by atoms with van der Waals surface area (Å²) >= 11 is 0. The fourth-order valence-electron chi connectivity index (χ4n) is 2.08. The SMILES string of the molecule is CC1(C(=O)C2CCC2)CCCO1. The summed E-state index contributed by atoms with van der Waals surface area (Å²) in [6.07, 6.45) is 5.40. The van der Waals surface area contributed by atoms with Gasteiger partial charge in [-0.15, -0.1) is 0 Å². The highest BCUT2D eigenvalue weighted by Gasteiger charge is 2.42. The first-order chi connectivity index (χ1) is 5.72. The Kier molecular flexibility index (Phi) is 1.95. The van der Waals surface area contributed by atoms with E-state index in [1.807, 2.05) is 6.92 Å². The average Bonchev–Trinajstić information content (AvgIpc) is 2.33. The van der Waals surface area contributed by atoms with Crippen molar-refractivity contribution >= 4 is 5.78 Å². The Morgan fingerprint density at radius 2 is 2.17 bits per heavy atom. The third-order valence-corrected chi connectivity index (χ3v) is 3.22. The van der Waals surface area contributed by atoms with Gasteiger partial charge >= 0.3 is 0 Å². The lowest BCUT2D eigenvalue weighted by molar-refractivity contribution is -0.144. The van der Waals surface area contributed by atoms with Crippen molar-refractivity contribution in [3.05, 3.63) is 0 Å². The van der Waals surface area contributed by atoms with Gasteiger partial charge in [-0.1, -0.05) is 6.42 Å². The van der Waals surface area contributed by atoms with Gasteiger partial charge in [0.2, 0.25) is 0 Å². The lowest BCUT2D eigenvalue weighted by atomic mass is 9.76. The molecule has 1 atom stereocenters. The van der Waals surface area contributed by atoms with E-state index in [1.165, 1.54) is 6.42 Å². The summed E-state index contributed by atoms with van der Waals surface area (Å²) in [5.74, 6) is 0.694. The molecule has 1 aliphatic carbocycles. The Labute approximate surface area is 73.3 Å². The molecule has 12 heavy (non-hydrogen) atoms. The zero-order chi connectivity index (χ0) is 8.60. The van der Waals surface area contributed by atoms with Crippen molar-refractivity contribution in [3.8, 4) is 0 Å². The Balaban J connectivity index is 2.01. The summed E-state index contributed by atoms with van der Waals surface area (Å²) in [6.45, 7) is 2.73. The molecule has 0 bridgehead atoms. The average molecular weight is 168 g/mol. The Bertz CT molecular complexity index is 188. The first-order valence-corrected chi connectivity index (χ1v) is 4.91. The number of carbonyl (C=O) groups excluding carboxylic acids is 1. The zero-order valence-corrected chi connectivity index (χ0v) is 7.64. The molecule has 2 rings (SSSR count). The molecule has 2 fully saturated rings. The van der Waals surface area contributed by atoms with E-state index in [0.29, 0.717) is 11.7 Å². The van der Waals surface area contributed by atoms with Crippen LogP contribution in [0.25, 0.3) is 0 Å². The van der Waals surface area contributed by atoms with Gasteiger partial charge in [0.1, 0.15) is 5.60 Å². The fraction of sp³-hybridized carbons (Fsp3) is 0.900. The molecular formula is C10H16O2. The van der Waals surface area contributed by atoms with Crippen LogP contribution in [-0.2, 0) is 9.53 Å². The van der Waals surface area contributed by atoms with Crippen LogP contribution in [0.1, 0.15) is 39.0 Å². The van der Waals surface area contributed by atoms with E-state index in [9.17, 15) is 4.79 Å². The van der Waals surface area contributed by atoms with E-state index in [-0.39, 0.29) is 0 Å². The number of Topliss-reactive ketones (excluding diaryl/α,β-unsaturated/α-hetero) is 1. The molecule has 1 heterocycles. The second kappa shape index (κ2) is 2.84. The first kappa shape index (κ1) is 8.24. The standard InChI is InChI=1S/C10H16O2/c1-10(6-3-7-12-10)9(11)8-4-2-5-8/h8H,2-7H2,1H3. The molecule has 2 nitrogen and oxygen atoms in total. The highest BCUT2D eigenvalue weighted by atomic mass is 16.5. The van der Waals surface area contributed by atoms with E-state index in [1.54, 1.807) is 0 Å². The maximum Gasteiger partial charge on any atom is 0.167 e. The van der Waals surface area contributed by atoms with Crippen molar-refractivity contribution in [3.63, 3.8) is 0 Å². The predicted molar refractivity (Wildman–Crippen MR) is 45.9 cm³/mol. The monoisotopic (exact) mass is 168 g/mol. The topological polar surface area (TPSA) is 26.3 Å². The van der Waals surface area contributed by atoms with Crippen molar-refractivity contribution in [2.24, 2.45) is 5.92 Å². The zero-order valence-electron chi connectivity index (χ0n) is 7.64. The van der Waals surface area contributed by atoms with Gasteiger partial charge in [-0.3, -0.25) is 4.79 Å². The van der Waals surface area contributed by atoms with Crippen LogP contribution in [0.5, 0.6) is 0 Å². The third kappa shape index (κ3) is 1.18. The third-order valence-electron chi connectivity index (χ3n) is 3.22. The van der Waals surface area contributed by atoms with Crippen LogP contribution in [0, 0.1) is 5.92 Å². The van der Waals surface area contributed by atoms with E-state index in [0.717, 1.165) is 32.3 Å². The molecule has 0 aromatic carbocycles. The lowest BCUT2D eigenvalue weighted by Crippen LogP contribution is -2.41. The fourth-order valence-corrected chi connectivity index (χ4v) is 2.08. The van der Waals surface area contributed by atoms with Crippen LogP contribution in [-0.4, -0.2) is 18.0 Å². The number of rotatable bonds is 2. The molecule has 0 amide bonds. The van der Waals surface area contributed by atoms with E-state index < -0.39 is 5.60 Å². The molecule has 1 saturated heterocycles. The molecular weight excluding hydrogens is 152 g/mol. The predicted octanol–water partition coefficient (Wildman–Crippen LogP) is 1.92. The van der Waals surface area contributed by atoms with Gasteiger partial charge in [0.15, 0.2) is 5.78 Å². The molecule has 2 aliphatic rings. The van der Waals surface area contributed by atoms with E-state index in [4.69, 9.17) is 4.74 Å². The van der Waals surface area contributed by atoms with Gasteiger partial charge in [0, 0.05) is 12.5 Å². The second-order valence-electron chi connectivity index (χ2n) is 4.17. The van der Waals surface area contributed by atoms with Gasteiger partial charge < -0.3 is 4.74 Å². The Morgan fingerprint density at radius 1 is 1.42 bits per heavy atom. The van der Waals surface area contributed by atoms with Crippen LogP contribution >= 0.6 is 0 Å². The number of hydrogen-bond acceptors (Lipinski definition) is 2. The maximum absolute atomic E-state index is 11.8. The molecule has 1 unspecified atom stereocenters. The molecule has 0 spiro atoms. The minimum Gasteiger partial charge on any atom is -0.367 e. The number of carbonyl (C=O) groups is 1. The quantitative estimate of drug-likeness (QED) is 0.629. The van der Waals surface area contributed by atoms with Crippen LogP contribution in [0.4, 0.5) is 0 Å².